The maximum atomic E-state index is 6.12. The Morgan fingerprint density at radius 2 is 2.05 bits per heavy atom. The molecule has 2 aromatic rings. The molecule has 0 aliphatic rings. The molecule has 2 N–H and O–H groups in total. The topological polar surface area (TPSA) is 74.2 Å². The summed E-state index contributed by atoms with van der Waals surface area (Å²) in [6, 6.07) is 3.26. The molecule has 1 atom stereocenters. The maximum absolute atomic E-state index is 6.12. The van der Waals surface area contributed by atoms with Crippen molar-refractivity contribution in [2.75, 3.05) is 12.8 Å². The number of aromatic nitrogens is 2. The molecule has 0 bridgehead atoms. The van der Waals surface area contributed by atoms with Crippen molar-refractivity contribution in [2.45, 2.75) is 25.9 Å². The minimum atomic E-state index is -0.211. The first-order valence-electron chi connectivity index (χ1n) is 6.18. The van der Waals surface area contributed by atoms with Crippen LogP contribution in [0.3, 0.4) is 0 Å². The Balaban J connectivity index is 2.41. The van der Waals surface area contributed by atoms with E-state index in [-0.39, 0.29) is 12.0 Å². The molecule has 20 heavy (non-hydrogen) atoms. The predicted octanol–water partition coefficient (Wildman–Crippen LogP) is 4.11. The van der Waals surface area contributed by atoms with Crippen molar-refractivity contribution in [1.82, 2.24) is 10.1 Å². The second-order valence-corrected chi connectivity index (χ2v) is 5.10. The number of hydrogen-bond acceptors (Lipinski definition) is 5. The van der Waals surface area contributed by atoms with Gasteiger partial charge in [-0.2, -0.15) is 4.98 Å². The van der Waals surface area contributed by atoms with E-state index in [2.05, 4.69) is 17.1 Å². The highest BCUT2D eigenvalue weighted by Crippen LogP contribution is 2.37. The molecule has 1 aromatic carbocycles. The number of halogens is 2. The quantitative estimate of drug-likeness (QED) is 0.840. The van der Waals surface area contributed by atoms with Crippen molar-refractivity contribution < 1.29 is 9.26 Å². The molecular formula is C13H15Cl2N3O2. The molecule has 108 valence electrons. The molecule has 1 aromatic heterocycles. The van der Waals surface area contributed by atoms with Crippen LogP contribution in [-0.4, -0.2) is 17.3 Å². The molecule has 5 nitrogen and oxygen atoms in total. The van der Waals surface area contributed by atoms with E-state index < -0.39 is 0 Å². The van der Waals surface area contributed by atoms with E-state index in [1.54, 1.807) is 19.2 Å². The highest BCUT2D eigenvalue weighted by Gasteiger charge is 2.21. The monoisotopic (exact) mass is 315 g/mol. The van der Waals surface area contributed by atoms with Crippen molar-refractivity contribution in [1.29, 1.82) is 0 Å². The molecule has 0 spiro atoms. The van der Waals surface area contributed by atoms with Crippen LogP contribution in [0.2, 0.25) is 10.0 Å². The zero-order chi connectivity index (χ0) is 14.7. The fourth-order valence-electron chi connectivity index (χ4n) is 1.87. The van der Waals surface area contributed by atoms with Crippen LogP contribution in [0, 0.1) is 0 Å². The molecule has 1 unspecified atom stereocenters. The van der Waals surface area contributed by atoms with Crippen LogP contribution in [0.15, 0.2) is 16.7 Å². The van der Waals surface area contributed by atoms with Gasteiger partial charge in [-0.1, -0.05) is 41.7 Å². The second kappa shape index (κ2) is 6.43. The lowest BCUT2D eigenvalue weighted by Gasteiger charge is -2.08. The molecule has 0 fully saturated rings. The Kier molecular flexibility index (Phi) is 4.86. The highest BCUT2D eigenvalue weighted by atomic mass is 35.5. The van der Waals surface area contributed by atoms with E-state index >= 15 is 0 Å². The van der Waals surface area contributed by atoms with E-state index in [0.29, 0.717) is 27.1 Å². The summed E-state index contributed by atoms with van der Waals surface area (Å²) in [5, 5.41) is 4.72. The van der Waals surface area contributed by atoms with Gasteiger partial charge in [-0.25, -0.2) is 0 Å². The molecule has 1 heterocycles. The standard InChI is InChI=1S/C13H15Cl2N3O2/c1-3-4-9(19-2)12-17-13(20-18-12)10-7(14)5-6-8(15)11(10)16/h5-6,9H,3-4,16H2,1-2H3. The van der Waals surface area contributed by atoms with E-state index in [1.807, 2.05) is 0 Å². The van der Waals surface area contributed by atoms with Gasteiger partial charge in [-0.05, 0) is 18.6 Å². The number of rotatable bonds is 5. The smallest absolute Gasteiger partial charge is 0.261 e. The van der Waals surface area contributed by atoms with E-state index in [0.717, 1.165) is 12.8 Å². The lowest BCUT2D eigenvalue weighted by atomic mass is 10.1. The first kappa shape index (κ1) is 15.1. The van der Waals surface area contributed by atoms with Crippen LogP contribution in [0.4, 0.5) is 5.69 Å². The number of nitrogens with two attached hydrogens (primary N) is 1. The van der Waals surface area contributed by atoms with Gasteiger partial charge in [-0.3, -0.25) is 0 Å². The number of hydrogen-bond donors (Lipinski definition) is 1. The zero-order valence-electron chi connectivity index (χ0n) is 11.2. The van der Waals surface area contributed by atoms with Gasteiger partial charge in [0.15, 0.2) is 0 Å². The Bertz CT molecular complexity index is 601. The van der Waals surface area contributed by atoms with Crippen molar-refractivity contribution in [2.24, 2.45) is 0 Å². The summed E-state index contributed by atoms with van der Waals surface area (Å²) in [6.45, 7) is 2.05. The third-order valence-corrected chi connectivity index (χ3v) is 3.56. The Morgan fingerprint density at radius 1 is 1.35 bits per heavy atom. The molecule has 0 radical (unpaired) electrons. The normalized spacial score (nSPS) is 12.6. The molecule has 0 aliphatic heterocycles. The Morgan fingerprint density at radius 3 is 2.70 bits per heavy atom. The van der Waals surface area contributed by atoms with E-state index in [4.69, 9.17) is 38.2 Å². The van der Waals surface area contributed by atoms with Gasteiger partial charge in [0.1, 0.15) is 6.10 Å². The highest BCUT2D eigenvalue weighted by molar-refractivity contribution is 6.37. The summed E-state index contributed by atoms with van der Waals surface area (Å²) in [5.74, 6) is 0.711. The van der Waals surface area contributed by atoms with Gasteiger partial charge in [0, 0.05) is 7.11 Å². The Labute approximate surface area is 127 Å². The molecule has 0 saturated carbocycles. The molecule has 0 saturated heterocycles. The number of benzene rings is 1. The van der Waals surface area contributed by atoms with E-state index in [9.17, 15) is 0 Å². The van der Waals surface area contributed by atoms with Gasteiger partial charge in [0.2, 0.25) is 5.82 Å². The third-order valence-electron chi connectivity index (χ3n) is 2.92. The van der Waals surface area contributed by atoms with Crippen LogP contribution in [0.1, 0.15) is 31.7 Å². The molecular weight excluding hydrogens is 301 g/mol. The van der Waals surface area contributed by atoms with Crippen LogP contribution in [0.25, 0.3) is 11.5 Å². The fraction of sp³-hybridized carbons (Fsp3) is 0.385. The van der Waals surface area contributed by atoms with Gasteiger partial charge in [0.05, 0.1) is 21.3 Å². The predicted molar refractivity (Wildman–Crippen MR) is 78.8 cm³/mol. The van der Waals surface area contributed by atoms with Crippen molar-refractivity contribution in [3.05, 3.63) is 28.0 Å². The summed E-state index contributed by atoms with van der Waals surface area (Å²) in [5.41, 5.74) is 6.68. The van der Waals surface area contributed by atoms with Crippen LogP contribution in [0.5, 0.6) is 0 Å². The first-order chi connectivity index (χ1) is 9.58. The van der Waals surface area contributed by atoms with Gasteiger partial charge < -0.3 is 15.0 Å². The SMILES string of the molecule is CCCC(OC)c1noc(-c2c(Cl)ccc(Cl)c2N)n1. The molecule has 2 rings (SSSR count). The van der Waals surface area contributed by atoms with Gasteiger partial charge in [0.25, 0.3) is 5.89 Å². The minimum absolute atomic E-state index is 0.211. The van der Waals surface area contributed by atoms with Gasteiger partial charge >= 0.3 is 0 Å². The largest absolute Gasteiger partial charge is 0.397 e. The second-order valence-electron chi connectivity index (χ2n) is 4.29. The van der Waals surface area contributed by atoms with Crippen LogP contribution in [-0.2, 0) is 4.74 Å². The van der Waals surface area contributed by atoms with Crippen LogP contribution < -0.4 is 5.73 Å². The van der Waals surface area contributed by atoms with Crippen molar-refractivity contribution in [3.8, 4) is 11.5 Å². The lowest BCUT2D eigenvalue weighted by molar-refractivity contribution is 0.0854. The van der Waals surface area contributed by atoms with E-state index in [1.165, 1.54) is 0 Å². The Hall–Kier alpha value is -1.30. The number of methoxy groups -OCH3 is 1. The average molecular weight is 316 g/mol. The summed E-state index contributed by atoms with van der Waals surface area (Å²) in [6.07, 6.45) is 1.54. The summed E-state index contributed by atoms with van der Waals surface area (Å²) in [7, 11) is 1.61. The number of anilines is 1. The molecule has 0 amide bonds. The molecule has 7 heteroatoms. The summed E-state index contributed by atoms with van der Waals surface area (Å²) >= 11 is 12.1. The zero-order valence-corrected chi connectivity index (χ0v) is 12.7. The number of nitrogen functional groups attached to an aromatic ring is 1. The number of ether oxygens (including phenoxy) is 1. The maximum Gasteiger partial charge on any atom is 0.261 e. The lowest BCUT2D eigenvalue weighted by Crippen LogP contribution is -2.03. The fourth-order valence-corrected chi connectivity index (χ4v) is 2.27. The number of nitrogens with zero attached hydrogens (tertiary/aromatic N) is 2. The van der Waals surface area contributed by atoms with Gasteiger partial charge in [-0.15, -0.1) is 0 Å². The average Bonchev–Trinajstić information content (AvgIpc) is 2.90. The van der Waals surface area contributed by atoms with Crippen LogP contribution >= 0.6 is 23.2 Å². The summed E-state index contributed by atoms with van der Waals surface area (Å²) < 4.78 is 10.6. The minimum Gasteiger partial charge on any atom is -0.397 e. The molecule has 0 aliphatic carbocycles. The third kappa shape index (κ3) is 2.90. The van der Waals surface area contributed by atoms with Crippen molar-refractivity contribution in [3.63, 3.8) is 0 Å². The van der Waals surface area contributed by atoms with Crippen molar-refractivity contribution >= 4 is 28.9 Å². The summed E-state index contributed by atoms with van der Waals surface area (Å²) in [4.78, 5) is 4.31. The first-order valence-corrected chi connectivity index (χ1v) is 6.94.